The zero-order valence-electron chi connectivity index (χ0n) is 16.2. The Kier molecular flexibility index (Phi) is 7.41. The fourth-order valence-electron chi connectivity index (χ4n) is 2.85. The van der Waals surface area contributed by atoms with E-state index in [9.17, 15) is 20.1 Å². The van der Waals surface area contributed by atoms with Gasteiger partial charge in [0, 0.05) is 17.7 Å². The van der Waals surface area contributed by atoms with E-state index in [0.717, 1.165) is 11.1 Å². The number of ether oxygens (including phenoxy) is 1. The summed E-state index contributed by atoms with van der Waals surface area (Å²) in [5.41, 5.74) is 2.09. The van der Waals surface area contributed by atoms with Crippen LogP contribution in [-0.4, -0.2) is 33.8 Å². The van der Waals surface area contributed by atoms with Crippen LogP contribution in [0.5, 0.6) is 17.2 Å². The van der Waals surface area contributed by atoms with Gasteiger partial charge in [-0.25, -0.2) is 0 Å². The minimum absolute atomic E-state index is 0.159. The molecule has 0 fully saturated rings. The Morgan fingerprint density at radius 2 is 1.71 bits per heavy atom. The molecule has 2 aromatic rings. The lowest BCUT2D eigenvalue weighted by atomic mass is 10.0. The maximum atomic E-state index is 12.5. The Morgan fingerprint density at radius 1 is 1.11 bits per heavy atom. The number of benzene rings is 2. The normalized spacial score (nSPS) is 12.5. The summed E-state index contributed by atoms with van der Waals surface area (Å²) in [6.07, 6.45) is 2.39. The molecule has 0 aliphatic heterocycles. The van der Waals surface area contributed by atoms with Gasteiger partial charge >= 0.3 is 0 Å². The van der Waals surface area contributed by atoms with Crippen molar-refractivity contribution >= 4 is 5.78 Å². The van der Waals surface area contributed by atoms with Gasteiger partial charge in [0.05, 0.1) is 6.10 Å². The summed E-state index contributed by atoms with van der Waals surface area (Å²) in [4.78, 5) is 12.5. The number of hydrogen-bond donors (Lipinski definition) is 3. The first-order chi connectivity index (χ1) is 13.3. The van der Waals surface area contributed by atoms with Gasteiger partial charge in [0.1, 0.15) is 29.4 Å². The molecule has 0 radical (unpaired) electrons. The predicted molar refractivity (Wildman–Crippen MR) is 109 cm³/mol. The maximum absolute atomic E-state index is 12.5. The van der Waals surface area contributed by atoms with Crippen LogP contribution in [0.2, 0.25) is 0 Å². The van der Waals surface area contributed by atoms with Crippen molar-refractivity contribution in [3.8, 4) is 17.2 Å². The number of hydrogen-bond acceptors (Lipinski definition) is 5. The molecule has 0 aliphatic carbocycles. The van der Waals surface area contributed by atoms with Gasteiger partial charge in [-0.3, -0.25) is 4.79 Å². The lowest BCUT2D eigenvalue weighted by Gasteiger charge is -2.12. The Morgan fingerprint density at radius 3 is 2.29 bits per heavy atom. The summed E-state index contributed by atoms with van der Waals surface area (Å²) < 4.78 is 5.53. The second-order valence-corrected chi connectivity index (χ2v) is 6.91. The minimum Gasteiger partial charge on any atom is -0.507 e. The SMILES string of the molecule is C=C(C)C[C@H](O)C/C(C)=C/COc1cc(O)c(C(=O)c2ccccc2)c(O)c1. The Balaban J connectivity index is 2.03. The Labute approximate surface area is 165 Å². The molecular formula is C23H26O5. The van der Waals surface area contributed by atoms with Gasteiger partial charge < -0.3 is 20.1 Å². The van der Waals surface area contributed by atoms with Crippen LogP contribution in [0.4, 0.5) is 0 Å². The Bertz CT molecular complexity index is 845. The van der Waals surface area contributed by atoms with Crippen molar-refractivity contribution < 1.29 is 24.9 Å². The molecule has 2 rings (SSSR count). The molecule has 0 aliphatic rings. The van der Waals surface area contributed by atoms with Crippen molar-refractivity contribution in [2.75, 3.05) is 6.61 Å². The molecular weight excluding hydrogens is 356 g/mol. The van der Waals surface area contributed by atoms with Gasteiger partial charge in [-0.05, 0) is 32.8 Å². The largest absolute Gasteiger partial charge is 0.507 e. The summed E-state index contributed by atoms with van der Waals surface area (Å²) in [6, 6.07) is 11.0. The van der Waals surface area contributed by atoms with Gasteiger partial charge in [-0.1, -0.05) is 41.5 Å². The smallest absolute Gasteiger partial charge is 0.200 e. The Hall–Kier alpha value is -3.05. The molecule has 0 saturated heterocycles. The molecule has 0 bridgehead atoms. The van der Waals surface area contributed by atoms with E-state index < -0.39 is 11.9 Å². The first kappa shape index (κ1) is 21.3. The van der Waals surface area contributed by atoms with E-state index in [-0.39, 0.29) is 29.4 Å². The van der Waals surface area contributed by atoms with E-state index in [4.69, 9.17) is 4.74 Å². The van der Waals surface area contributed by atoms with Crippen LogP contribution in [-0.2, 0) is 0 Å². The number of aliphatic hydroxyl groups is 1. The summed E-state index contributed by atoms with van der Waals surface area (Å²) in [5.74, 6) is -0.918. The summed E-state index contributed by atoms with van der Waals surface area (Å²) in [6.45, 7) is 7.75. The van der Waals surface area contributed by atoms with E-state index in [1.807, 2.05) is 19.9 Å². The van der Waals surface area contributed by atoms with Gasteiger partial charge in [0.2, 0.25) is 5.78 Å². The first-order valence-electron chi connectivity index (χ1n) is 9.04. The summed E-state index contributed by atoms with van der Waals surface area (Å²) in [5, 5.41) is 30.3. The fraction of sp³-hybridized carbons (Fsp3) is 0.261. The minimum atomic E-state index is -0.481. The number of phenolic OH excluding ortho intramolecular Hbond substituents is 2. The molecule has 0 amide bonds. The molecule has 148 valence electrons. The third kappa shape index (κ3) is 5.99. The number of ketones is 1. The molecule has 0 aromatic heterocycles. The van der Waals surface area contributed by atoms with Crippen molar-refractivity contribution in [1.82, 2.24) is 0 Å². The van der Waals surface area contributed by atoms with Crippen molar-refractivity contribution in [1.29, 1.82) is 0 Å². The number of rotatable bonds is 9. The van der Waals surface area contributed by atoms with Crippen LogP contribution in [0.1, 0.15) is 42.6 Å². The molecule has 0 heterocycles. The van der Waals surface area contributed by atoms with E-state index in [1.54, 1.807) is 30.3 Å². The average Bonchev–Trinajstić information content (AvgIpc) is 2.61. The van der Waals surface area contributed by atoms with Gasteiger partial charge in [0.15, 0.2) is 0 Å². The molecule has 0 spiro atoms. The molecule has 1 atom stereocenters. The highest BCUT2D eigenvalue weighted by Gasteiger charge is 2.19. The molecule has 3 N–H and O–H groups in total. The van der Waals surface area contributed by atoms with Crippen LogP contribution in [0.15, 0.2) is 66.3 Å². The second-order valence-electron chi connectivity index (χ2n) is 6.91. The maximum Gasteiger partial charge on any atom is 0.200 e. The lowest BCUT2D eigenvalue weighted by Crippen LogP contribution is -2.07. The van der Waals surface area contributed by atoms with Crippen molar-refractivity contribution in [3.05, 3.63) is 77.4 Å². The van der Waals surface area contributed by atoms with Crippen LogP contribution in [0.3, 0.4) is 0 Å². The quantitative estimate of drug-likeness (QED) is 0.443. The number of carbonyl (C=O) groups excluding carboxylic acids is 1. The fourth-order valence-corrected chi connectivity index (χ4v) is 2.85. The molecule has 5 heteroatoms. The highest BCUT2D eigenvalue weighted by Crippen LogP contribution is 2.34. The third-order valence-corrected chi connectivity index (χ3v) is 4.16. The molecule has 28 heavy (non-hydrogen) atoms. The molecule has 5 nitrogen and oxygen atoms in total. The monoisotopic (exact) mass is 382 g/mol. The highest BCUT2D eigenvalue weighted by molar-refractivity contribution is 6.12. The molecule has 0 unspecified atom stereocenters. The zero-order chi connectivity index (χ0) is 20.7. The molecule has 0 saturated carbocycles. The van der Waals surface area contributed by atoms with E-state index in [2.05, 4.69) is 6.58 Å². The van der Waals surface area contributed by atoms with Gasteiger partial charge in [-0.15, -0.1) is 6.58 Å². The van der Waals surface area contributed by atoms with E-state index in [0.29, 0.717) is 18.4 Å². The van der Waals surface area contributed by atoms with E-state index >= 15 is 0 Å². The first-order valence-corrected chi connectivity index (χ1v) is 9.04. The van der Waals surface area contributed by atoms with Gasteiger partial charge in [0.25, 0.3) is 0 Å². The third-order valence-electron chi connectivity index (χ3n) is 4.16. The van der Waals surface area contributed by atoms with Crippen molar-refractivity contribution in [3.63, 3.8) is 0 Å². The van der Waals surface area contributed by atoms with Gasteiger partial charge in [-0.2, -0.15) is 0 Å². The average molecular weight is 382 g/mol. The molecule has 2 aromatic carbocycles. The van der Waals surface area contributed by atoms with Crippen LogP contribution in [0, 0.1) is 0 Å². The standard InChI is InChI=1S/C23H26O5/c1-15(2)11-18(24)12-16(3)9-10-28-19-13-20(25)22(21(26)14-19)23(27)17-7-5-4-6-8-17/h4-9,13-14,18,24-26H,1,10-12H2,2-3H3/b16-9+/t18-/m0/s1. The highest BCUT2D eigenvalue weighted by atomic mass is 16.5. The number of phenols is 2. The summed E-state index contributed by atoms with van der Waals surface area (Å²) >= 11 is 0. The predicted octanol–water partition coefficient (Wildman–Crippen LogP) is 4.37. The number of aromatic hydroxyl groups is 2. The van der Waals surface area contributed by atoms with Crippen LogP contribution >= 0.6 is 0 Å². The lowest BCUT2D eigenvalue weighted by molar-refractivity contribution is 0.103. The summed E-state index contributed by atoms with van der Waals surface area (Å²) in [7, 11) is 0. The van der Waals surface area contributed by atoms with Crippen LogP contribution < -0.4 is 4.74 Å². The second kappa shape index (κ2) is 9.76. The van der Waals surface area contributed by atoms with Crippen molar-refractivity contribution in [2.45, 2.75) is 32.8 Å². The number of carbonyl (C=O) groups is 1. The topological polar surface area (TPSA) is 87.0 Å². The number of aliphatic hydroxyl groups excluding tert-OH is 1. The zero-order valence-corrected chi connectivity index (χ0v) is 16.2. The van der Waals surface area contributed by atoms with Crippen LogP contribution in [0.25, 0.3) is 0 Å². The van der Waals surface area contributed by atoms with Crippen molar-refractivity contribution in [2.24, 2.45) is 0 Å². The van der Waals surface area contributed by atoms with E-state index in [1.165, 1.54) is 12.1 Å².